The molecule has 136 valence electrons. The molecule has 1 aromatic rings. The van der Waals surface area contributed by atoms with Gasteiger partial charge in [-0.15, -0.1) is 0 Å². The summed E-state index contributed by atoms with van der Waals surface area (Å²) in [6, 6.07) is 1.53. The number of esters is 1. The van der Waals surface area contributed by atoms with Crippen LogP contribution in [0.25, 0.3) is 0 Å². The molecule has 2 saturated heterocycles. The SMILES string of the molecule is COC(=O)c1cncc(C(=O)N2CCC3(CC2)CC(O)CN(C)C3)c1. The van der Waals surface area contributed by atoms with Crippen LogP contribution in [0.2, 0.25) is 0 Å². The number of aromatic nitrogens is 1. The predicted molar refractivity (Wildman–Crippen MR) is 91.3 cm³/mol. The van der Waals surface area contributed by atoms with Gasteiger partial charge < -0.3 is 19.6 Å². The molecule has 0 saturated carbocycles. The maximum atomic E-state index is 12.7. The van der Waals surface area contributed by atoms with Gasteiger partial charge in [0.1, 0.15) is 0 Å². The lowest BCUT2D eigenvalue weighted by atomic mass is 9.71. The van der Waals surface area contributed by atoms with Crippen LogP contribution in [0.15, 0.2) is 18.5 Å². The van der Waals surface area contributed by atoms with Crippen molar-refractivity contribution in [3.8, 4) is 0 Å². The number of aliphatic hydroxyl groups excluding tert-OH is 1. The van der Waals surface area contributed by atoms with Crippen molar-refractivity contribution in [3.63, 3.8) is 0 Å². The minimum absolute atomic E-state index is 0.0926. The summed E-state index contributed by atoms with van der Waals surface area (Å²) in [5.41, 5.74) is 0.772. The molecule has 0 aromatic carbocycles. The molecule has 1 aromatic heterocycles. The minimum Gasteiger partial charge on any atom is -0.465 e. The summed E-state index contributed by atoms with van der Waals surface area (Å²) in [4.78, 5) is 32.3. The Hall–Kier alpha value is -1.99. The van der Waals surface area contributed by atoms with E-state index in [9.17, 15) is 14.7 Å². The van der Waals surface area contributed by atoms with Gasteiger partial charge in [0.25, 0.3) is 5.91 Å². The highest BCUT2D eigenvalue weighted by molar-refractivity contribution is 5.97. The first-order valence-electron chi connectivity index (χ1n) is 8.62. The molecular weight excluding hydrogens is 322 g/mol. The van der Waals surface area contributed by atoms with Gasteiger partial charge in [0.05, 0.1) is 24.3 Å². The molecule has 25 heavy (non-hydrogen) atoms. The smallest absolute Gasteiger partial charge is 0.339 e. The molecule has 7 nitrogen and oxygen atoms in total. The fourth-order valence-corrected chi connectivity index (χ4v) is 4.14. The van der Waals surface area contributed by atoms with Crippen molar-refractivity contribution in [1.29, 1.82) is 0 Å². The average Bonchev–Trinajstić information content (AvgIpc) is 2.60. The number of pyridine rings is 1. The minimum atomic E-state index is -0.501. The van der Waals surface area contributed by atoms with Crippen LogP contribution >= 0.6 is 0 Å². The highest BCUT2D eigenvalue weighted by atomic mass is 16.5. The fraction of sp³-hybridized carbons (Fsp3) is 0.611. The molecular formula is C18H25N3O4. The van der Waals surface area contributed by atoms with Crippen molar-refractivity contribution in [1.82, 2.24) is 14.8 Å². The van der Waals surface area contributed by atoms with E-state index in [2.05, 4.69) is 14.6 Å². The normalized spacial score (nSPS) is 23.5. The van der Waals surface area contributed by atoms with Crippen LogP contribution in [0.5, 0.6) is 0 Å². The molecule has 2 fully saturated rings. The maximum absolute atomic E-state index is 12.7. The number of rotatable bonds is 2. The zero-order valence-corrected chi connectivity index (χ0v) is 14.8. The van der Waals surface area contributed by atoms with Crippen LogP contribution < -0.4 is 0 Å². The van der Waals surface area contributed by atoms with Crippen molar-refractivity contribution in [2.45, 2.75) is 25.4 Å². The summed E-state index contributed by atoms with van der Waals surface area (Å²) in [6.45, 7) is 2.99. The van der Waals surface area contributed by atoms with Gasteiger partial charge in [0.15, 0.2) is 0 Å². The van der Waals surface area contributed by atoms with E-state index in [1.165, 1.54) is 25.6 Å². The highest BCUT2D eigenvalue weighted by Crippen LogP contribution is 2.39. The van der Waals surface area contributed by atoms with Gasteiger partial charge in [0, 0.05) is 38.6 Å². The molecule has 3 rings (SSSR count). The largest absolute Gasteiger partial charge is 0.465 e. The van der Waals surface area contributed by atoms with Crippen molar-refractivity contribution in [2.24, 2.45) is 5.41 Å². The molecule has 7 heteroatoms. The van der Waals surface area contributed by atoms with Gasteiger partial charge in [0.2, 0.25) is 0 Å². The zero-order chi connectivity index (χ0) is 18.0. The van der Waals surface area contributed by atoms with E-state index in [0.29, 0.717) is 18.7 Å². The topological polar surface area (TPSA) is 83.0 Å². The van der Waals surface area contributed by atoms with E-state index < -0.39 is 5.97 Å². The first-order chi connectivity index (χ1) is 11.9. The average molecular weight is 347 g/mol. The highest BCUT2D eigenvalue weighted by Gasteiger charge is 2.41. The number of carbonyl (C=O) groups excluding carboxylic acids is 2. The van der Waals surface area contributed by atoms with Crippen LogP contribution in [0.1, 0.15) is 40.0 Å². The molecule has 2 aliphatic heterocycles. The fourth-order valence-electron chi connectivity index (χ4n) is 4.14. The molecule has 1 N–H and O–H groups in total. The quantitative estimate of drug-likeness (QED) is 0.797. The maximum Gasteiger partial charge on any atom is 0.339 e. The number of amides is 1. The second kappa shape index (κ2) is 7.09. The summed E-state index contributed by atoms with van der Waals surface area (Å²) in [5.74, 6) is -0.614. The second-order valence-corrected chi connectivity index (χ2v) is 7.30. The van der Waals surface area contributed by atoms with E-state index in [0.717, 1.165) is 32.4 Å². The van der Waals surface area contributed by atoms with Crippen molar-refractivity contribution >= 4 is 11.9 Å². The number of hydrogen-bond acceptors (Lipinski definition) is 6. The van der Waals surface area contributed by atoms with Crippen LogP contribution in [0, 0.1) is 5.41 Å². The zero-order valence-electron chi connectivity index (χ0n) is 14.8. The third-order valence-corrected chi connectivity index (χ3v) is 5.31. The lowest BCUT2D eigenvalue weighted by Crippen LogP contribution is -2.53. The van der Waals surface area contributed by atoms with E-state index in [1.807, 2.05) is 11.9 Å². The van der Waals surface area contributed by atoms with Gasteiger partial charge in [-0.05, 0) is 37.8 Å². The summed E-state index contributed by atoms with van der Waals surface area (Å²) in [6.07, 6.45) is 5.15. The van der Waals surface area contributed by atoms with Crippen LogP contribution in [-0.4, -0.2) is 78.2 Å². The lowest BCUT2D eigenvalue weighted by Gasteiger charge is -2.48. The van der Waals surface area contributed by atoms with Gasteiger partial charge in [-0.2, -0.15) is 0 Å². The number of piperidine rings is 2. The summed E-state index contributed by atoms with van der Waals surface area (Å²) in [5, 5.41) is 10.1. The Balaban J connectivity index is 1.67. The number of methoxy groups -OCH3 is 1. The molecule has 1 atom stereocenters. The number of aliphatic hydroxyl groups is 1. The molecule has 3 heterocycles. The Morgan fingerprint density at radius 3 is 2.60 bits per heavy atom. The number of ether oxygens (including phenoxy) is 1. The predicted octanol–water partition coefficient (Wildman–Crippen LogP) is 0.787. The number of β-amino-alcohol motifs (C(OH)–C–C–N with tert-alkyl or cyclic N) is 1. The van der Waals surface area contributed by atoms with Gasteiger partial charge in [-0.3, -0.25) is 9.78 Å². The van der Waals surface area contributed by atoms with Gasteiger partial charge in [-0.1, -0.05) is 0 Å². The van der Waals surface area contributed by atoms with E-state index in [-0.39, 0.29) is 23.0 Å². The van der Waals surface area contributed by atoms with Crippen LogP contribution in [-0.2, 0) is 4.74 Å². The summed E-state index contributed by atoms with van der Waals surface area (Å²) >= 11 is 0. The number of hydrogen-bond donors (Lipinski definition) is 1. The van der Waals surface area contributed by atoms with Gasteiger partial charge in [-0.25, -0.2) is 4.79 Å². The van der Waals surface area contributed by atoms with Crippen LogP contribution in [0.4, 0.5) is 0 Å². The molecule has 0 radical (unpaired) electrons. The third-order valence-electron chi connectivity index (χ3n) is 5.31. The van der Waals surface area contributed by atoms with E-state index >= 15 is 0 Å². The lowest BCUT2D eigenvalue weighted by molar-refractivity contribution is -0.0286. The first kappa shape index (κ1) is 17.8. The molecule has 1 spiro atoms. The Morgan fingerprint density at radius 1 is 1.28 bits per heavy atom. The summed E-state index contributed by atoms with van der Waals surface area (Å²) in [7, 11) is 3.34. The van der Waals surface area contributed by atoms with Gasteiger partial charge >= 0.3 is 5.97 Å². The molecule has 2 aliphatic rings. The molecule has 0 aliphatic carbocycles. The standard InChI is InChI=1S/C18H25N3O4/c1-20-11-15(22)8-18(12-20)3-5-21(6-4-18)16(23)13-7-14(10-19-9-13)17(24)25-2/h7,9-10,15,22H,3-6,8,11-12H2,1-2H3. The monoisotopic (exact) mass is 347 g/mol. The number of carbonyl (C=O) groups is 2. The molecule has 1 amide bonds. The number of likely N-dealkylation sites (N-methyl/N-ethyl adjacent to an activating group) is 1. The Kier molecular flexibility index (Phi) is 5.06. The molecule has 1 unspecified atom stereocenters. The van der Waals surface area contributed by atoms with Crippen molar-refractivity contribution < 1.29 is 19.4 Å². The second-order valence-electron chi connectivity index (χ2n) is 7.30. The Labute approximate surface area is 147 Å². The van der Waals surface area contributed by atoms with Crippen molar-refractivity contribution in [3.05, 3.63) is 29.6 Å². The molecule has 0 bridgehead atoms. The van der Waals surface area contributed by atoms with Crippen molar-refractivity contribution in [2.75, 3.05) is 40.3 Å². The first-order valence-corrected chi connectivity index (χ1v) is 8.62. The summed E-state index contributed by atoms with van der Waals surface area (Å²) < 4.78 is 4.68. The number of nitrogens with zero attached hydrogens (tertiary/aromatic N) is 3. The Bertz CT molecular complexity index is 643. The number of likely N-dealkylation sites (tertiary alicyclic amines) is 2. The third kappa shape index (κ3) is 3.82. The Morgan fingerprint density at radius 2 is 1.96 bits per heavy atom. The van der Waals surface area contributed by atoms with E-state index in [1.54, 1.807) is 0 Å². The van der Waals surface area contributed by atoms with E-state index in [4.69, 9.17) is 0 Å². The van der Waals surface area contributed by atoms with Crippen LogP contribution in [0.3, 0.4) is 0 Å².